The molecule has 0 fully saturated rings. The summed E-state index contributed by atoms with van der Waals surface area (Å²) in [5.74, 6) is 0.239. The number of amides is 2. The van der Waals surface area contributed by atoms with Crippen LogP contribution in [0.15, 0.2) is 48.9 Å². The van der Waals surface area contributed by atoms with Crippen LogP contribution in [0.4, 0.5) is 10.5 Å². The van der Waals surface area contributed by atoms with E-state index in [4.69, 9.17) is 4.74 Å². The summed E-state index contributed by atoms with van der Waals surface area (Å²) in [6.45, 7) is 1.86. The first-order chi connectivity index (χ1) is 13.9. The van der Waals surface area contributed by atoms with Crippen LogP contribution in [0.1, 0.15) is 13.3 Å². The van der Waals surface area contributed by atoms with E-state index in [0.717, 1.165) is 11.0 Å². The van der Waals surface area contributed by atoms with E-state index in [1.165, 1.54) is 14.2 Å². The number of pyridine rings is 1. The minimum Gasteiger partial charge on any atom is -0.469 e. The number of methoxy groups -OCH3 is 2. The third-order valence-corrected chi connectivity index (χ3v) is 4.35. The fraction of sp³-hybridized carbons (Fsp3) is 0.300. The summed E-state index contributed by atoms with van der Waals surface area (Å²) in [6, 6.07) is 10.8. The molecule has 0 saturated heterocycles. The number of nitrogens with one attached hydrogen (secondary N) is 2. The number of imidazole rings is 1. The number of fused-ring (bicyclic) bond motifs is 1. The molecule has 0 spiro atoms. The summed E-state index contributed by atoms with van der Waals surface area (Å²) in [7, 11) is 2.80. The number of anilines is 1. The molecule has 29 heavy (non-hydrogen) atoms. The number of urea groups is 1. The summed E-state index contributed by atoms with van der Waals surface area (Å²) >= 11 is 0. The largest absolute Gasteiger partial charge is 0.469 e. The SMILES string of the molecule is COC[C@@](C)(CC(=O)OC)NC(=O)Nc1ccc(-n2cnc3ccccc32)nc1. The lowest BCUT2D eigenvalue weighted by Crippen LogP contribution is -2.52. The van der Waals surface area contributed by atoms with Crippen molar-refractivity contribution in [1.82, 2.24) is 19.9 Å². The van der Waals surface area contributed by atoms with E-state index >= 15 is 0 Å². The number of esters is 1. The molecule has 0 bridgehead atoms. The number of benzene rings is 1. The highest BCUT2D eigenvalue weighted by Gasteiger charge is 2.30. The number of carbonyl (C=O) groups excluding carboxylic acids is 2. The molecule has 2 N–H and O–H groups in total. The van der Waals surface area contributed by atoms with Gasteiger partial charge < -0.3 is 20.1 Å². The van der Waals surface area contributed by atoms with Gasteiger partial charge in [0.1, 0.15) is 12.1 Å². The average molecular weight is 397 g/mol. The number of rotatable bonds is 7. The molecule has 2 heterocycles. The Bertz CT molecular complexity index is 1000. The van der Waals surface area contributed by atoms with Crippen LogP contribution in [0, 0.1) is 0 Å². The highest BCUT2D eigenvalue weighted by molar-refractivity contribution is 5.90. The maximum Gasteiger partial charge on any atom is 0.319 e. The molecule has 0 aliphatic rings. The molecule has 2 aromatic heterocycles. The van der Waals surface area contributed by atoms with Gasteiger partial charge in [0.25, 0.3) is 0 Å². The van der Waals surface area contributed by atoms with E-state index in [0.29, 0.717) is 11.5 Å². The highest BCUT2D eigenvalue weighted by atomic mass is 16.5. The molecule has 1 atom stereocenters. The fourth-order valence-corrected chi connectivity index (χ4v) is 3.02. The Morgan fingerprint density at radius 2 is 1.93 bits per heavy atom. The quantitative estimate of drug-likeness (QED) is 0.593. The number of ether oxygens (including phenoxy) is 2. The molecular weight excluding hydrogens is 374 g/mol. The van der Waals surface area contributed by atoms with Crippen LogP contribution >= 0.6 is 0 Å². The van der Waals surface area contributed by atoms with E-state index in [1.54, 1.807) is 31.6 Å². The van der Waals surface area contributed by atoms with Crippen LogP contribution in [0.5, 0.6) is 0 Å². The number of para-hydroxylation sites is 2. The first kappa shape index (κ1) is 20.3. The van der Waals surface area contributed by atoms with Crippen molar-refractivity contribution in [2.24, 2.45) is 0 Å². The van der Waals surface area contributed by atoms with Crippen LogP contribution in [0.3, 0.4) is 0 Å². The maximum atomic E-state index is 12.4. The number of nitrogens with zero attached hydrogens (tertiary/aromatic N) is 3. The van der Waals surface area contributed by atoms with E-state index in [9.17, 15) is 9.59 Å². The summed E-state index contributed by atoms with van der Waals surface area (Å²) in [5, 5.41) is 5.47. The van der Waals surface area contributed by atoms with Crippen molar-refractivity contribution in [3.8, 4) is 5.82 Å². The van der Waals surface area contributed by atoms with Gasteiger partial charge in [0.15, 0.2) is 0 Å². The summed E-state index contributed by atoms with van der Waals surface area (Å²) in [4.78, 5) is 32.8. The molecule has 0 radical (unpaired) electrons. The van der Waals surface area contributed by atoms with Gasteiger partial charge in [-0.2, -0.15) is 0 Å². The molecule has 9 heteroatoms. The van der Waals surface area contributed by atoms with Crippen molar-refractivity contribution in [2.45, 2.75) is 18.9 Å². The van der Waals surface area contributed by atoms with Gasteiger partial charge >= 0.3 is 12.0 Å². The molecule has 3 aromatic rings. The topological polar surface area (TPSA) is 107 Å². The Kier molecular flexibility index (Phi) is 6.08. The van der Waals surface area contributed by atoms with Gasteiger partial charge in [0.2, 0.25) is 0 Å². The normalized spacial score (nSPS) is 12.9. The Morgan fingerprint density at radius 1 is 1.14 bits per heavy atom. The first-order valence-corrected chi connectivity index (χ1v) is 8.97. The second-order valence-corrected chi connectivity index (χ2v) is 6.83. The Labute approximate surface area is 168 Å². The maximum absolute atomic E-state index is 12.4. The third kappa shape index (κ3) is 4.88. The van der Waals surface area contributed by atoms with Gasteiger partial charge in [-0.25, -0.2) is 14.8 Å². The number of aromatic nitrogens is 3. The molecule has 3 rings (SSSR count). The lowest BCUT2D eigenvalue weighted by atomic mass is 9.99. The molecule has 0 aliphatic heterocycles. The molecule has 0 saturated carbocycles. The summed E-state index contributed by atoms with van der Waals surface area (Å²) in [5.41, 5.74) is 1.42. The zero-order valence-corrected chi connectivity index (χ0v) is 16.5. The minimum atomic E-state index is -0.908. The molecule has 2 amide bonds. The molecule has 152 valence electrons. The Hall–Kier alpha value is -3.46. The van der Waals surface area contributed by atoms with Crippen molar-refractivity contribution in [3.63, 3.8) is 0 Å². The van der Waals surface area contributed by atoms with Crippen molar-refractivity contribution < 1.29 is 19.1 Å². The minimum absolute atomic E-state index is 0.0182. The summed E-state index contributed by atoms with van der Waals surface area (Å²) in [6.07, 6.45) is 3.24. The van der Waals surface area contributed by atoms with Crippen molar-refractivity contribution in [1.29, 1.82) is 0 Å². The van der Waals surface area contributed by atoms with Crippen LogP contribution in [-0.4, -0.2) is 52.9 Å². The number of hydrogen-bond donors (Lipinski definition) is 2. The molecule has 9 nitrogen and oxygen atoms in total. The molecular formula is C20H23N5O4. The van der Waals surface area contributed by atoms with Gasteiger partial charge in [-0.15, -0.1) is 0 Å². The predicted octanol–water partition coefficient (Wildman–Crippen LogP) is 2.51. The lowest BCUT2D eigenvalue weighted by molar-refractivity contribution is -0.142. The molecule has 0 aliphatic carbocycles. The van der Waals surface area contributed by atoms with Crippen LogP contribution in [0.2, 0.25) is 0 Å². The van der Waals surface area contributed by atoms with E-state index in [2.05, 4.69) is 25.3 Å². The van der Waals surface area contributed by atoms with Crippen molar-refractivity contribution in [2.75, 3.05) is 26.1 Å². The van der Waals surface area contributed by atoms with Crippen LogP contribution in [0.25, 0.3) is 16.9 Å². The fourth-order valence-electron chi connectivity index (χ4n) is 3.02. The van der Waals surface area contributed by atoms with Crippen LogP contribution < -0.4 is 10.6 Å². The van der Waals surface area contributed by atoms with Gasteiger partial charge in [-0.1, -0.05) is 12.1 Å². The zero-order valence-electron chi connectivity index (χ0n) is 16.5. The van der Waals surface area contributed by atoms with E-state index < -0.39 is 17.5 Å². The van der Waals surface area contributed by atoms with Crippen LogP contribution in [-0.2, 0) is 14.3 Å². The van der Waals surface area contributed by atoms with E-state index in [1.807, 2.05) is 28.8 Å². The van der Waals surface area contributed by atoms with Gasteiger partial charge in [0.05, 0.1) is 48.6 Å². The zero-order chi connectivity index (χ0) is 20.9. The standard InChI is InChI=1S/C20H23N5O4/c1-20(12-28-2,10-18(26)29-3)24-19(27)23-14-8-9-17(21-11-14)25-13-22-15-6-4-5-7-16(15)25/h4-9,11,13H,10,12H2,1-3H3,(H2,23,24,27)/t20-/m1/s1. The number of carbonyl (C=O) groups is 2. The first-order valence-electron chi connectivity index (χ1n) is 8.97. The Balaban J connectivity index is 1.68. The molecule has 0 unspecified atom stereocenters. The second-order valence-electron chi connectivity index (χ2n) is 6.83. The Morgan fingerprint density at radius 3 is 2.62 bits per heavy atom. The second kappa shape index (κ2) is 8.70. The summed E-state index contributed by atoms with van der Waals surface area (Å²) < 4.78 is 11.7. The lowest BCUT2D eigenvalue weighted by Gasteiger charge is -2.29. The molecule has 1 aromatic carbocycles. The van der Waals surface area contributed by atoms with E-state index in [-0.39, 0.29) is 13.0 Å². The predicted molar refractivity (Wildman–Crippen MR) is 108 cm³/mol. The van der Waals surface area contributed by atoms with Gasteiger partial charge in [-0.3, -0.25) is 9.36 Å². The van der Waals surface area contributed by atoms with Gasteiger partial charge in [0, 0.05) is 7.11 Å². The third-order valence-electron chi connectivity index (χ3n) is 4.35. The number of hydrogen-bond acceptors (Lipinski definition) is 6. The van der Waals surface area contributed by atoms with Crippen molar-refractivity contribution >= 4 is 28.7 Å². The average Bonchev–Trinajstić information content (AvgIpc) is 3.12. The van der Waals surface area contributed by atoms with Gasteiger partial charge in [-0.05, 0) is 31.2 Å². The van der Waals surface area contributed by atoms with Crippen molar-refractivity contribution in [3.05, 3.63) is 48.9 Å². The smallest absolute Gasteiger partial charge is 0.319 e. The highest BCUT2D eigenvalue weighted by Crippen LogP contribution is 2.18. The monoisotopic (exact) mass is 397 g/mol.